The van der Waals surface area contributed by atoms with E-state index in [4.69, 9.17) is 9.47 Å². The Morgan fingerprint density at radius 2 is 2.12 bits per heavy atom. The number of ether oxygens (including phenoxy) is 2. The fourth-order valence-corrected chi connectivity index (χ4v) is 3.24. The highest BCUT2D eigenvalue weighted by atomic mass is 35.5. The SMILES string of the molecule is C=C/C=C(\C=C)Oc1cc(C)nc(N2CCC3(CC2)CNCCO3)n1.Cl. The molecule has 0 atom stereocenters. The normalized spacial score (nSPS) is 19.6. The summed E-state index contributed by atoms with van der Waals surface area (Å²) in [4.78, 5) is 11.4. The lowest BCUT2D eigenvalue weighted by atomic mass is 9.90. The second-order valence-corrected chi connectivity index (χ2v) is 6.45. The zero-order valence-electron chi connectivity index (χ0n) is 15.2. The van der Waals surface area contributed by atoms with E-state index in [0.29, 0.717) is 17.6 Å². The van der Waals surface area contributed by atoms with E-state index >= 15 is 0 Å². The maximum Gasteiger partial charge on any atom is 0.228 e. The Kier molecular flexibility index (Phi) is 7.20. The monoisotopic (exact) mass is 378 g/mol. The molecule has 0 saturated carbocycles. The number of halogens is 1. The fourth-order valence-electron chi connectivity index (χ4n) is 3.24. The molecule has 26 heavy (non-hydrogen) atoms. The molecule has 2 aliphatic rings. The predicted octanol–water partition coefficient (Wildman–Crippen LogP) is 2.80. The van der Waals surface area contributed by atoms with Crippen molar-refractivity contribution in [2.24, 2.45) is 0 Å². The molecule has 7 heteroatoms. The molecule has 1 aromatic heterocycles. The van der Waals surface area contributed by atoms with Crippen molar-refractivity contribution in [3.63, 3.8) is 0 Å². The summed E-state index contributed by atoms with van der Waals surface area (Å²) in [7, 11) is 0. The van der Waals surface area contributed by atoms with E-state index in [1.54, 1.807) is 18.2 Å². The summed E-state index contributed by atoms with van der Waals surface area (Å²) in [6.45, 7) is 13.8. The number of aromatic nitrogens is 2. The first-order valence-corrected chi connectivity index (χ1v) is 8.72. The van der Waals surface area contributed by atoms with E-state index in [0.717, 1.165) is 51.3 Å². The summed E-state index contributed by atoms with van der Waals surface area (Å²) in [6, 6.07) is 1.82. The largest absolute Gasteiger partial charge is 0.439 e. The number of rotatable bonds is 5. The molecule has 142 valence electrons. The highest BCUT2D eigenvalue weighted by Crippen LogP contribution is 2.29. The zero-order chi connectivity index (χ0) is 17.7. The maximum absolute atomic E-state index is 6.05. The predicted molar refractivity (Wildman–Crippen MR) is 106 cm³/mol. The number of anilines is 1. The van der Waals surface area contributed by atoms with Crippen molar-refractivity contribution in [3.8, 4) is 5.88 Å². The smallest absolute Gasteiger partial charge is 0.228 e. The number of aryl methyl sites for hydroxylation is 1. The number of allylic oxidation sites excluding steroid dienone is 3. The molecule has 0 unspecified atom stereocenters. The Morgan fingerprint density at radius 3 is 2.73 bits per heavy atom. The highest BCUT2D eigenvalue weighted by molar-refractivity contribution is 5.85. The van der Waals surface area contributed by atoms with Gasteiger partial charge in [-0.1, -0.05) is 19.2 Å². The van der Waals surface area contributed by atoms with Crippen molar-refractivity contribution in [1.29, 1.82) is 0 Å². The quantitative estimate of drug-likeness (QED) is 0.628. The van der Waals surface area contributed by atoms with Crippen LogP contribution >= 0.6 is 12.4 Å². The highest BCUT2D eigenvalue weighted by Gasteiger charge is 2.37. The lowest BCUT2D eigenvalue weighted by Gasteiger charge is -2.44. The first-order chi connectivity index (χ1) is 12.1. The topological polar surface area (TPSA) is 59.5 Å². The zero-order valence-corrected chi connectivity index (χ0v) is 16.1. The van der Waals surface area contributed by atoms with Gasteiger partial charge in [0.25, 0.3) is 0 Å². The van der Waals surface area contributed by atoms with Crippen molar-refractivity contribution in [2.75, 3.05) is 37.7 Å². The van der Waals surface area contributed by atoms with Crippen LogP contribution in [0.15, 0.2) is 43.2 Å². The van der Waals surface area contributed by atoms with E-state index in [1.165, 1.54) is 0 Å². The lowest BCUT2D eigenvalue weighted by Crippen LogP contribution is -2.55. The van der Waals surface area contributed by atoms with Crippen molar-refractivity contribution in [3.05, 3.63) is 48.9 Å². The number of hydrogen-bond donors (Lipinski definition) is 1. The molecule has 1 spiro atoms. The Balaban J connectivity index is 0.00000243. The van der Waals surface area contributed by atoms with Gasteiger partial charge in [-0.05, 0) is 31.9 Å². The molecule has 0 amide bonds. The van der Waals surface area contributed by atoms with Crippen molar-refractivity contribution in [2.45, 2.75) is 25.4 Å². The van der Waals surface area contributed by atoms with Gasteiger partial charge in [-0.25, -0.2) is 4.98 Å². The van der Waals surface area contributed by atoms with Gasteiger partial charge in [0.05, 0.1) is 12.2 Å². The summed E-state index contributed by atoms with van der Waals surface area (Å²) in [6.07, 6.45) is 7.00. The van der Waals surface area contributed by atoms with Gasteiger partial charge in [0, 0.05) is 37.9 Å². The summed E-state index contributed by atoms with van der Waals surface area (Å²) in [5.41, 5.74) is 0.846. The Hall–Kier alpha value is -1.89. The number of piperidine rings is 1. The summed E-state index contributed by atoms with van der Waals surface area (Å²) < 4.78 is 11.8. The molecular weight excluding hydrogens is 352 g/mol. The van der Waals surface area contributed by atoms with Crippen LogP contribution in [0.3, 0.4) is 0 Å². The van der Waals surface area contributed by atoms with Crippen LogP contribution in [0.2, 0.25) is 0 Å². The summed E-state index contributed by atoms with van der Waals surface area (Å²) in [5.74, 6) is 1.83. The second-order valence-electron chi connectivity index (χ2n) is 6.45. The first kappa shape index (κ1) is 20.4. The third kappa shape index (κ3) is 4.84. The molecule has 0 radical (unpaired) electrons. The minimum Gasteiger partial charge on any atom is -0.439 e. The van der Waals surface area contributed by atoms with Crippen molar-refractivity contribution in [1.82, 2.24) is 15.3 Å². The molecular formula is C19H27ClN4O2. The average Bonchev–Trinajstić information content (AvgIpc) is 2.62. The van der Waals surface area contributed by atoms with Crippen molar-refractivity contribution < 1.29 is 9.47 Å². The molecule has 2 aliphatic heterocycles. The molecule has 3 heterocycles. The van der Waals surface area contributed by atoms with Crippen molar-refractivity contribution >= 4 is 18.4 Å². The van der Waals surface area contributed by atoms with E-state index in [2.05, 4.69) is 33.3 Å². The van der Waals surface area contributed by atoms with Crippen LogP contribution in [0.25, 0.3) is 0 Å². The molecule has 2 saturated heterocycles. The van der Waals surface area contributed by atoms with Crippen LogP contribution in [0, 0.1) is 6.92 Å². The van der Waals surface area contributed by atoms with Crippen LogP contribution in [-0.4, -0.2) is 48.4 Å². The molecule has 3 rings (SSSR count). The van der Waals surface area contributed by atoms with Crippen LogP contribution in [0.5, 0.6) is 5.88 Å². The number of morpholine rings is 1. The van der Waals surface area contributed by atoms with E-state index in [9.17, 15) is 0 Å². The molecule has 2 fully saturated rings. The minimum absolute atomic E-state index is 0. The van der Waals surface area contributed by atoms with Crippen LogP contribution in [0.1, 0.15) is 18.5 Å². The van der Waals surface area contributed by atoms with Crippen LogP contribution in [-0.2, 0) is 4.74 Å². The van der Waals surface area contributed by atoms with Gasteiger partial charge >= 0.3 is 0 Å². The van der Waals surface area contributed by atoms with Gasteiger partial charge in [0.1, 0.15) is 5.76 Å². The lowest BCUT2D eigenvalue weighted by molar-refractivity contribution is -0.0801. The van der Waals surface area contributed by atoms with Crippen LogP contribution < -0.4 is 15.0 Å². The number of nitrogens with zero attached hydrogens (tertiary/aromatic N) is 3. The number of nitrogens with one attached hydrogen (secondary N) is 1. The van der Waals surface area contributed by atoms with E-state index < -0.39 is 0 Å². The van der Waals surface area contributed by atoms with Gasteiger partial charge < -0.3 is 19.7 Å². The summed E-state index contributed by atoms with van der Waals surface area (Å²) >= 11 is 0. The Morgan fingerprint density at radius 1 is 1.35 bits per heavy atom. The van der Waals surface area contributed by atoms with Gasteiger partial charge in [-0.15, -0.1) is 12.4 Å². The Labute approximate surface area is 161 Å². The minimum atomic E-state index is -0.0272. The fraction of sp³-hybridized carbons (Fsp3) is 0.474. The standard InChI is InChI=1S/C19H26N4O2.ClH/c1-4-6-16(5-2)25-17-13-15(3)21-18(22-17)23-10-7-19(8-11-23)14-20-9-12-24-19;/h4-6,13,20H,1-2,7-12,14H2,3H3;1H/b16-6+;. The first-order valence-electron chi connectivity index (χ1n) is 8.72. The molecule has 0 bridgehead atoms. The van der Waals surface area contributed by atoms with Gasteiger partial charge in [-0.2, -0.15) is 4.98 Å². The molecule has 1 aromatic rings. The molecule has 1 N–H and O–H groups in total. The second kappa shape index (κ2) is 9.16. The third-order valence-electron chi connectivity index (χ3n) is 4.62. The maximum atomic E-state index is 6.05. The Bertz CT molecular complexity index is 662. The van der Waals surface area contributed by atoms with Gasteiger partial charge in [-0.3, -0.25) is 0 Å². The van der Waals surface area contributed by atoms with Gasteiger partial charge in [0.15, 0.2) is 0 Å². The molecule has 0 aliphatic carbocycles. The summed E-state index contributed by atoms with van der Waals surface area (Å²) in [5, 5.41) is 3.44. The number of hydrogen-bond acceptors (Lipinski definition) is 6. The molecule has 0 aromatic carbocycles. The van der Waals surface area contributed by atoms with E-state index in [1.807, 2.05) is 13.0 Å². The van der Waals surface area contributed by atoms with E-state index in [-0.39, 0.29) is 18.0 Å². The van der Waals surface area contributed by atoms with Gasteiger partial charge in [0.2, 0.25) is 11.8 Å². The third-order valence-corrected chi connectivity index (χ3v) is 4.62. The molecule has 6 nitrogen and oxygen atoms in total. The van der Waals surface area contributed by atoms with Crippen LogP contribution in [0.4, 0.5) is 5.95 Å². The average molecular weight is 379 g/mol.